The number of hydrogen-bond donors (Lipinski definition) is 0. The normalized spacial score (nSPS) is 20.0. The van der Waals surface area contributed by atoms with Crippen LogP contribution in [-0.4, -0.2) is 0 Å². The number of furan rings is 1. The molecule has 0 aliphatic rings. The van der Waals surface area contributed by atoms with E-state index in [4.69, 9.17) is 30.5 Å². The first-order valence-electron chi connectivity index (χ1n) is 28.4. The fourth-order valence-corrected chi connectivity index (χ4v) is 6.03. The highest BCUT2D eigenvalue weighted by Crippen LogP contribution is 2.47. The van der Waals surface area contributed by atoms with E-state index < -0.39 is 274 Å². The first-order chi connectivity index (χ1) is 35.5. The molecule has 0 aliphatic heterocycles. The van der Waals surface area contributed by atoms with Crippen LogP contribution in [0, 0.1) is 0 Å². The average Bonchev–Trinajstić information content (AvgIpc) is 3.80. The molecule has 0 atom stereocenters. The van der Waals surface area contributed by atoms with Crippen molar-refractivity contribution in [2.75, 3.05) is 0 Å². The molecule has 0 saturated heterocycles. The molecule has 0 unspecified atom stereocenters. The lowest BCUT2D eigenvalue weighted by Gasteiger charge is -2.19. The highest BCUT2D eigenvalue weighted by molar-refractivity contribution is 6.26. The van der Waals surface area contributed by atoms with Crippen molar-refractivity contribution in [1.29, 1.82) is 0 Å². The summed E-state index contributed by atoms with van der Waals surface area (Å²) in [5.74, 6) is 0. The smallest absolute Gasteiger partial charge is 0.136 e. The lowest BCUT2D eigenvalue weighted by atomic mass is 9.83. The Morgan fingerprint density at radius 3 is 1.71 bits per heavy atom. The van der Waals surface area contributed by atoms with Gasteiger partial charge in [-0.3, -0.25) is 0 Å². The van der Waals surface area contributed by atoms with Gasteiger partial charge in [-0.25, -0.2) is 0 Å². The van der Waals surface area contributed by atoms with E-state index in [1.165, 1.54) is 0 Å². The zero-order valence-corrected chi connectivity index (χ0v) is 24.1. The van der Waals surface area contributed by atoms with Gasteiger partial charge in [-0.15, -0.1) is 0 Å². The van der Waals surface area contributed by atoms with Crippen molar-refractivity contribution < 1.29 is 42.8 Å². The van der Waals surface area contributed by atoms with Gasteiger partial charge in [0.15, 0.2) is 0 Å². The molecule has 1 heteroatoms. The van der Waals surface area contributed by atoms with Crippen molar-refractivity contribution in [3.05, 3.63) is 180 Å². The van der Waals surface area contributed by atoms with Crippen LogP contribution in [0.4, 0.5) is 0 Å². The third-order valence-electron chi connectivity index (χ3n) is 7.99. The topological polar surface area (TPSA) is 13.1 Å². The molecule has 0 radical (unpaired) electrons. The van der Waals surface area contributed by atoms with Gasteiger partial charge < -0.3 is 4.42 Å². The number of hydrogen-bond acceptors (Lipinski definition) is 1. The molecule has 0 spiro atoms. The predicted octanol–water partition coefficient (Wildman–Crippen LogP) is 13.1. The third kappa shape index (κ3) is 4.18. The van der Waals surface area contributed by atoms with Crippen molar-refractivity contribution in [2.24, 2.45) is 0 Å². The molecule has 0 amide bonds. The quantitative estimate of drug-likeness (QED) is 0.175. The van der Waals surface area contributed by atoms with Crippen LogP contribution >= 0.6 is 0 Å². The molecular formula is C47H30O. The molecule has 0 fully saturated rings. The predicted molar refractivity (Wildman–Crippen MR) is 204 cm³/mol. The second-order valence-corrected chi connectivity index (χ2v) is 10.6. The number of fused-ring (bicyclic) bond motifs is 7. The van der Waals surface area contributed by atoms with Crippen molar-refractivity contribution in [2.45, 2.75) is 6.42 Å². The molecule has 0 bridgehead atoms. The molecule has 0 saturated carbocycles. The first kappa shape index (κ1) is 11.2. The molecule has 0 aliphatic carbocycles. The van der Waals surface area contributed by atoms with Crippen LogP contribution < -0.4 is 0 Å². The van der Waals surface area contributed by atoms with Crippen LogP contribution in [-0.2, 0) is 6.42 Å². The molecule has 0 N–H and O–H groups in total. The Bertz CT molecular complexity index is 4350. The molecule has 48 heavy (non-hydrogen) atoms. The van der Waals surface area contributed by atoms with E-state index >= 15 is 0 Å². The molecular weight excluding hydrogens is 581 g/mol. The van der Waals surface area contributed by atoms with Gasteiger partial charge in [-0.1, -0.05) is 145 Å². The van der Waals surface area contributed by atoms with Crippen molar-refractivity contribution in [3.8, 4) is 22.3 Å². The van der Waals surface area contributed by atoms with Crippen molar-refractivity contribution >= 4 is 65.0 Å². The minimum absolute atomic E-state index is 0.484. The summed E-state index contributed by atoms with van der Waals surface area (Å²) in [4.78, 5) is 0. The van der Waals surface area contributed by atoms with Crippen LogP contribution in [0.1, 0.15) is 49.5 Å². The molecule has 1 nitrogen and oxygen atoms in total. The monoisotopic (exact) mass is 638 g/mol. The Hall–Kier alpha value is -6.18. The largest absolute Gasteiger partial charge is 0.456 e. The van der Waals surface area contributed by atoms with E-state index in [2.05, 4.69) is 0 Å². The van der Waals surface area contributed by atoms with Crippen LogP contribution in [0.5, 0.6) is 0 Å². The zero-order valence-electron chi connectivity index (χ0n) is 52.1. The van der Waals surface area contributed by atoms with E-state index in [0.717, 1.165) is 0 Å². The minimum atomic E-state index is -1.01. The van der Waals surface area contributed by atoms with Gasteiger partial charge in [0.2, 0.25) is 0 Å². The van der Waals surface area contributed by atoms with Crippen LogP contribution in [0.25, 0.3) is 87.3 Å². The Kier molecular flexibility index (Phi) is 2.50. The summed E-state index contributed by atoms with van der Waals surface area (Å²) in [5.41, 5.74) is -5.17. The molecule has 224 valence electrons. The zero-order chi connectivity index (χ0) is 56.0. The summed E-state index contributed by atoms with van der Waals surface area (Å²) in [6, 6.07) is -24.8. The molecule has 10 aromatic rings. The summed E-state index contributed by atoms with van der Waals surface area (Å²) in [6.45, 7) is 0. The van der Waals surface area contributed by atoms with E-state index in [1.54, 1.807) is 0 Å². The Morgan fingerprint density at radius 2 is 1.00 bits per heavy atom. The van der Waals surface area contributed by atoms with E-state index in [0.29, 0.717) is 0 Å². The summed E-state index contributed by atoms with van der Waals surface area (Å²) in [7, 11) is 0. The summed E-state index contributed by atoms with van der Waals surface area (Å²) < 4.78 is 259. The van der Waals surface area contributed by atoms with Gasteiger partial charge in [0.25, 0.3) is 0 Å². The Morgan fingerprint density at radius 1 is 0.417 bits per heavy atom. The van der Waals surface area contributed by atoms with E-state index in [-0.39, 0.29) is 0 Å². The highest BCUT2D eigenvalue weighted by Gasteiger charge is 2.21. The van der Waals surface area contributed by atoms with Gasteiger partial charge in [-0.05, 0) is 107 Å². The van der Waals surface area contributed by atoms with Gasteiger partial charge in [0.1, 0.15) is 11.2 Å². The van der Waals surface area contributed by atoms with Crippen molar-refractivity contribution in [3.63, 3.8) is 0 Å². The second kappa shape index (κ2) is 10.7. The maximum Gasteiger partial charge on any atom is 0.136 e. The number of benzene rings is 9. The second-order valence-electron chi connectivity index (χ2n) is 10.6. The molecule has 1 heterocycles. The Labute approximate surface area is 317 Å². The Balaban J connectivity index is 1.54. The van der Waals surface area contributed by atoms with E-state index in [9.17, 15) is 12.3 Å². The maximum absolute atomic E-state index is 9.99. The molecule has 9 aromatic carbocycles. The average molecular weight is 639 g/mol. The van der Waals surface area contributed by atoms with Gasteiger partial charge >= 0.3 is 0 Å². The van der Waals surface area contributed by atoms with E-state index in [1.807, 2.05) is 0 Å². The molecule has 1 aromatic heterocycles. The summed E-state index contributed by atoms with van der Waals surface area (Å²) in [5, 5.41) is -6.21. The van der Waals surface area contributed by atoms with Gasteiger partial charge in [0, 0.05) is 10.8 Å². The first-order valence-corrected chi connectivity index (χ1v) is 14.4. The lowest BCUT2D eigenvalue weighted by Crippen LogP contribution is -1.94. The summed E-state index contributed by atoms with van der Waals surface area (Å²) >= 11 is 0. The van der Waals surface area contributed by atoms with Gasteiger partial charge in [0.05, 0.1) is 38.4 Å². The van der Waals surface area contributed by atoms with Gasteiger partial charge in [-0.2, -0.15) is 0 Å². The standard InChI is InChI=1S/C47H30O/c1-2-13-30(14-3-1)25-34-27-35(26-33-17-6-7-18-36(33)34)45-37-19-8-10-21-39(37)46(40-22-11-9-20-38(40)45)41-23-12-24-43-47(41)42-28-31-15-4-5-16-32(31)29-44(42)48-43/h1-24,26-29H,25H2/i1D,2D,3D,4D,5D,6D,7D,8D,9D,10D,11D,12D,13D,14D,15D,16D,17D,18D,19D,20D,21D,22D,23D,24D,26D,27D,28D,29D. The maximum atomic E-state index is 9.99. The summed E-state index contributed by atoms with van der Waals surface area (Å²) in [6.07, 6.45) is -0.876. The fraction of sp³-hybridized carbons (Fsp3) is 0.0213. The minimum Gasteiger partial charge on any atom is -0.456 e. The SMILES string of the molecule is [2H]c1c([2H])c([2H])c(Cc2c([2H])c(-c3c4c([2H])c([2H])c([2H])c([2H])c4c(-c4c([2H])c([2H])c([2H])c5oc6c([2H])c7c([2H])c([2H])c([2H])c([2H])c7c([2H])c6c45)c4c([2H])c([2H])c([2H])c([2H])c34)c([2H])c3c([2H])c([2H])c([2H])c([2H])c23)c([2H])c1[2H]. The van der Waals surface area contributed by atoms with Crippen LogP contribution in [0.15, 0.2) is 174 Å². The van der Waals surface area contributed by atoms with Crippen LogP contribution in [0.3, 0.4) is 0 Å². The fourth-order valence-electron chi connectivity index (χ4n) is 6.03. The number of rotatable bonds is 4. The lowest BCUT2D eigenvalue weighted by molar-refractivity contribution is 0.669. The van der Waals surface area contributed by atoms with Crippen molar-refractivity contribution in [1.82, 2.24) is 0 Å². The van der Waals surface area contributed by atoms with Crippen LogP contribution in [0.2, 0.25) is 0 Å². The molecule has 10 rings (SSSR count). The highest BCUT2D eigenvalue weighted by atomic mass is 16.3. The third-order valence-corrected chi connectivity index (χ3v) is 7.99.